The van der Waals surface area contributed by atoms with E-state index in [0.717, 1.165) is 11.1 Å². The highest BCUT2D eigenvalue weighted by Crippen LogP contribution is 2.52. The highest BCUT2D eigenvalue weighted by molar-refractivity contribution is 5.90. The molecule has 0 unspecified atom stereocenters. The van der Waals surface area contributed by atoms with Crippen molar-refractivity contribution in [3.63, 3.8) is 0 Å². The van der Waals surface area contributed by atoms with Gasteiger partial charge in [-0.25, -0.2) is 9.59 Å². The number of hydrogen-bond acceptors (Lipinski definition) is 8. The number of esters is 2. The molecule has 0 aliphatic heterocycles. The first-order valence-corrected chi connectivity index (χ1v) is 14.5. The van der Waals surface area contributed by atoms with Gasteiger partial charge in [-0.2, -0.15) is 0 Å². The predicted octanol–water partition coefficient (Wildman–Crippen LogP) is 7.99. The van der Waals surface area contributed by atoms with Gasteiger partial charge in [0.05, 0.1) is 26.4 Å². The minimum absolute atomic E-state index is 0.231. The molecular formula is C34H48O8. The van der Waals surface area contributed by atoms with Gasteiger partial charge < -0.3 is 28.4 Å². The Morgan fingerprint density at radius 2 is 0.881 bits per heavy atom. The number of carbonyl (C=O) groups is 2. The summed E-state index contributed by atoms with van der Waals surface area (Å²) in [6, 6.07) is 7.02. The van der Waals surface area contributed by atoms with Gasteiger partial charge in [-0.05, 0) is 53.7 Å². The number of carbonyl (C=O) groups excluding carboxylic acids is 2. The van der Waals surface area contributed by atoms with E-state index in [4.69, 9.17) is 28.4 Å². The Hall–Kier alpha value is -3.94. The standard InChI is InChI=1S/C31H40O8.C3H8/c1-11-34-25-21(15-17-23(27(25)36-13-3)38-29(32)19(5)6)31(9,10)22-16-18-24(39-30(33)20(7)8)28(37-14-4)26(22)35-12-2;1-3-2/h15-18H,5,7,11-14H2,1-4,6,8-10H3;3H2,1-2H3. The van der Waals surface area contributed by atoms with Crippen molar-refractivity contribution < 1.29 is 38.0 Å². The Morgan fingerprint density at radius 1 is 0.595 bits per heavy atom. The molecular weight excluding hydrogens is 536 g/mol. The first-order valence-electron chi connectivity index (χ1n) is 14.5. The van der Waals surface area contributed by atoms with Gasteiger partial charge in [0.1, 0.15) is 0 Å². The summed E-state index contributed by atoms with van der Waals surface area (Å²) in [6.45, 7) is 27.5. The Bertz CT molecular complexity index is 1150. The summed E-state index contributed by atoms with van der Waals surface area (Å²) < 4.78 is 35.2. The second-order valence-corrected chi connectivity index (χ2v) is 9.94. The van der Waals surface area contributed by atoms with Crippen molar-refractivity contribution in [2.75, 3.05) is 26.4 Å². The summed E-state index contributed by atoms with van der Waals surface area (Å²) in [5.41, 5.74) is 1.31. The molecule has 0 heterocycles. The molecule has 8 nitrogen and oxygen atoms in total. The van der Waals surface area contributed by atoms with Crippen LogP contribution in [0.15, 0.2) is 48.6 Å². The average molecular weight is 585 g/mol. The van der Waals surface area contributed by atoms with Crippen LogP contribution in [0.25, 0.3) is 0 Å². The smallest absolute Gasteiger partial charge is 0.338 e. The van der Waals surface area contributed by atoms with Crippen LogP contribution in [0.4, 0.5) is 0 Å². The lowest BCUT2D eigenvalue weighted by molar-refractivity contribution is -0.131. The molecule has 8 heteroatoms. The van der Waals surface area contributed by atoms with Crippen LogP contribution in [-0.2, 0) is 15.0 Å². The van der Waals surface area contributed by atoms with E-state index in [2.05, 4.69) is 27.0 Å². The molecule has 0 bridgehead atoms. The average Bonchev–Trinajstić information content (AvgIpc) is 2.92. The van der Waals surface area contributed by atoms with Gasteiger partial charge in [-0.3, -0.25) is 0 Å². The van der Waals surface area contributed by atoms with Crippen LogP contribution in [0.5, 0.6) is 34.5 Å². The van der Waals surface area contributed by atoms with E-state index in [-0.39, 0.29) is 22.6 Å². The fraction of sp³-hybridized carbons (Fsp3) is 0.471. The summed E-state index contributed by atoms with van der Waals surface area (Å²) in [5, 5.41) is 0. The first-order chi connectivity index (χ1) is 19.8. The van der Waals surface area contributed by atoms with Crippen molar-refractivity contribution >= 4 is 11.9 Å². The van der Waals surface area contributed by atoms with Gasteiger partial charge in [0.15, 0.2) is 23.0 Å². The van der Waals surface area contributed by atoms with Crippen molar-refractivity contribution in [3.05, 3.63) is 59.7 Å². The molecule has 232 valence electrons. The molecule has 0 N–H and O–H groups in total. The van der Waals surface area contributed by atoms with Crippen LogP contribution in [0.1, 0.15) is 86.8 Å². The Labute approximate surface area is 251 Å². The van der Waals surface area contributed by atoms with Crippen molar-refractivity contribution in [3.8, 4) is 34.5 Å². The second-order valence-electron chi connectivity index (χ2n) is 9.94. The Morgan fingerprint density at radius 3 is 1.14 bits per heavy atom. The molecule has 0 aromatic heterocycles. The molecule has 0 atom stereocenters. The SMILES string of the molecule is C=C(C)C(=O)Oc1ccc(C(C)(C)c2ccc(OC(=O)C(=C)C)c(OCC)c2OCC)c(OCC)c1OCC.CCC. The summed E-state index contributed by atoms with van der Waals surface area (Å²) in [7, 11) is 0. The number of rotatable bonds is 14. The predicted molar refractivity (Wildman–Crippen MR) is 167 cm³/mol. The van der Waals surface area contributed by atoms with E-state index >= 15 is 0 Å². The monoisotopic (exact) mass is 584 g/mol. The zero-order valence-electron chi connectivity index (χ0n) is 27.0. The topological polar surface area (TPSA) is 89.5 Å². The van der Waals surface area contributed by atoms with Gasteiger partial charge in [0, 0.05) is 27.7 Å². The van der Waals surface area contributed by atoms with Gasteiger partial charge in [-0.15, -0.1) is 0 Å². The van der Waals surface area contributed by atoms with Crippen LogP contribution in [0, 0.1) is 0 Å². The van der Waals surface area contributed by atoms with Gasteiger partial charge in [0.2, 0.25) is 11.5 Å². The minimum Gasteiger partial charge on any atom is -0.490 e. The van der Waals surface area contributed by atoms with Gasteiger partial charge in [0.25, 0.3) is 0 Å². The zero-order valence-corrected chi connectivity index (χ0v) is 27.0. The van der Waals surface area contributed by atoms with Crippen LogP contribution < -0.4 is 28.4 Å². The summed E-state index contributed by atoms with van der Waals surface area (Å²) >= 11 is 0. The lowest BCUT2D eigenvalue weighted by atomic mass is 9.76. The Kier molecular flexibility index (Phi) is 14.7. The fourth-order valence-electron chi connectivity index (χ4n) is 3.89. The van der Waals surface area contributed by atoms with E-state index in [9.17, 15) is 9.59 Å². The molecule has 0 aliphatic carbocycles. The first kappa shape index (κ1) is 36.1. The van der Waals surface area contributed by atoms with E-state index in [0.29, 0.717) is 49.4 Å². The van der Waals surface area contributed by atoms with Crippen molar-refractivity contribution in [1.29, 1.82) is 0 Å². The number of hydrogen-bond donors (Lipinski definition) is 0. The number of benzene rings is 2. The molecule has 0 spiro atoms. The maximum absolute atomic E-state index is 12.3. The fourth-order valence-corrected chi connectivity index (χ4v) is 3.89. The van der Waals surface area contributed by atoms with E-state index in [1.165, 1.54) is 6.42 Å². The van der Waals surface area contributed by atoms with Gasteiger partial charge in [-0.1, -0.05) is 59.4 Å². The summed E-state index contributed by atoms with van der Waals surface area (Å²) in [4.78, 5) is 24.6. The third-order valence-electron chi connectivity index (χ3n) is 5.76. The third kappa shape index (κ3) is 9.03. The summed E-state index contributed by atoms with van der Waals surface area (Å²) in [6.07, 6.45) is 1.25. The van der Waals surface area contributed by atoms with Crippen LogP contribution in [0.2, 0.25) is 0 Å². The second kappa shape index (κ2) is 17.1. The van der Waals surface area contributed by atoms with E-state index < -0.39 is 17.4 Å². The van der Waals surface area contributed by atoms with Crippen molar-refractivity contribution in [2.24, 2.45) is 0 Å². The van der Waals surface area contributed by atoms with E-state index in [1.54, 1.807) is 26.0 Å². The molecule has 0 saturated carbocycles. The van der Waals surface area contributed by atoms with Crippen LogP contribution >= 0.6 is 0 Å². The van der Waals surface area contributed by atoms with Gasteiger partial charge >= 0.3 is 11.9 Å². The number of ether oxygens (including phenoxy) is 6. The maximum Gasteiger partial charge on any atom is 0.338 e. The molecule has 2 aromatic carbocycles. The highest BCUT2D eigenvalue weighted by Gasteiger charge is 2.35. The van der Waals surface area contributed by atoms with Crippen molar-refractivity contribution in [2.45, 2.75) is 81.1 Å². The molecule has 2 rings (SSSR count). The molecule has 42 heavy (non-hydrogen) atoms. The molecule has 0 saturated heterocycles. The lowest BCUT2D eigenvalue weighted by Gasteiger charge is -2.32. The third-order valence-corrected chi connectivity index (χ3v) is 5.76. The molecule has 2 aromatic rings. The van der Waals surface area contributed by atoms with E-state index in [1.807, 2.05) is 53.7 Å². The normalized spacial score (nSPS) is 10.5. The van der Waals surface area contributed by atoms with Crippen LogP contribution in [0.3, 0.4) is 0 Å². The summed E-state index contributed by atoms with van der Waals surface area (Å²) in [5.74, 6) is 0.841. The molecule has 0 aliphatic rings. The minimum atomic E-state index is -0.736. The lowest BCUT2D eigenvalue weighted by Crippen LogP contribution is -2.23. The molecule has 0 radical (unpaired) electrons. The Balaban J connectivity index is 0.00000281. The van der Waals surface area contributed by atoms with Crippen molar-refractivity contribution in [1.82, 2.24) is 0 Å². The quantitative estimate of drug-likeness (QED) is 0.125. The largest absolute Gasteiger partial charge is 0.490 e. The maximum atomic E-state index is 12.3. The highest BCUT2D eigenvalue weighted by atomic mass is 16.6. The molecule has 0 fully saturated rings. The zero-order chi connectivity index (χ0) is 32.0. The molecule has 0 amide bonds. The van der Waals surface area contributed by atoms with Crippen LogP contribution in [-0.4, -0.2) is 38.4 Å².